The number of nitrogens with zero attached hydrogens (tertiary/aromatic N) is 3. The van der Waals surface area contributed by atoms with Gasteiger partial charge in [-0.25, -0.2) is 0 Å². The molecule has 0 saturated heterocycles. The molecule has 5 nitrogen and oxygen atoms in total. The van der Waals surface area contributed by atoms with Crippen LogP contribution in [0.4, 0.5) is 0 Å². The first-order valence-corrected chi connectivity index (χ1v) is 7.33. The third kappa shape index (κ3) is 2.96. The predicted octanol–water partition coefficient (Wildman–Crippen LogP) is 2.83. The van der Waals surface area contributed by atoms with E-state index in [-0.39, 0.29) is 5.78 Å². The second kappa shape index (κ2) is 6.08. The largest absolute Gasteiger partial charge is 0.494 e. The third-order valence-electron chi connectivity index (χ3n) is 4.01. The van der Waals surface area contributed by atoms with Gasteiger partial charge in [0.05, 0.1) is 37.0 Å². The van der Waals surface area contributed by atoms with Crippen LogP contribution in [-0.4, -0.2) is 27.7 Å². The van der Waals surface area contributed by atoms with Gasteiger partial charge in [0.2, 0.25) is 0 Å². The van der Waals surface area contributed by atoms with Crippen molar-refractivity contribution in [3.8, 4) is 5.75 Å². The molecule has 1 fully saturated rings. The molecule has 2 aromatic rings. The Morgan fingerprint density at radius 3 is 2.95 bits per heavy atom. The van der Waals surface area contributed by atoms with Gasteiger partial charge < -0.3 is 4.74 Å². The summed E-state index contributed by atoms with van der Waals surface area (Å²) in [5, 5.41) is 4.55. The van der Waals surface area contributed by atoms with Gasteiger partial charge in [-0.3, -0.25) is 14.5 Å². The molecule has 0 bridgehead atoms. The van der Waals surface area contributed by atoms with Gasteiger partial charge in [0, 0.05) is 12.4 Å². The second-order valence-corrected chi connectivity index (χ2v) is 5.40. The smallest absolute Gasteiger partial charge is 0.172 e. The first-order valence-electron chi connectivity index (χ1n) is 7.33. The Kier molecular flexibility index (Phi) is 3.99. The molecule has 1 saturated carbocycles. The first-order chi connectivity index (χ1) is 10.3. The Balaban J connectivity index is 1.72. The standard InChI is InChI=1S/C16H19N3O2/c1-21-16-11-17-8-6-14(16)15(20)10-12-7-9-19(18-12)13-4-2-3-5-13/h6-9,11,13H,2-5,10H2,1H3. The molecule has 0 unspecified atom stereocenters. The van der Waals surface area contributed by atoms with E-state index in [1.807, 2.05) is 16.9 Å². The van der Waals surface area contributed by atoms with E-state index in [0.717, 1.165) is 5.69 Å². The van der Waals surface area contributed by atoms with Crippen LogP contribution in [0.2, 0.25) is 0 Å². The zero-order valence-corrected chi connectivity index (χ0v) is 12.2. The summed E-state index contributed by atoms with van der Waals surface area (Å²) in [6, 6.07) is 4.13. The van der Waals surface area contributed by atoms with E-state index in [1.165, 1.54) is 25.7 Å². The minimum absolute atomic E-state index is 0.00548. The summed E-state index contributed by atoms with van der Waals surface area (Å²) in [5.74, 6) is 0.517. The predicted molar refractivity (Wildman–Crippen MR) is 78.6 cm³/mol. The molecule has 0 radical (unpaired) electrons. The third-order valence-corrected chi connectivity index (χ3v) is 4.01. The van der Waals surface area contributed by atoms with Crippen molar-refractivity contribution in [1.29, 1.82) is 0 Å². The lowest BCUT2D eigenvalue weighted by Crippen LogP contribution is -2.09. The van der Waals surface area contributed by atoms with E-state index in [1.54, 1.807) is 25.6 Å². The number of methoxy groups -OCH3 is 1. The zero-order valence-electron chi connectivity index (χ0n) is 12.2. The molecule has 0 spiro atoms. The first kappa shape index (κ1) is 13.8. The van der Waals surface area contributed by atoms with Crippen molar-refractivity contribution < 1.29 is 9.53 Å². The molecule has 0 N–H and O–H groups in total. The summed E-state index contributed by atoms with van der Waals surface area (Å²) >= 11 is 0. The SMILES string of the molecule is COc1cnccc1C(=O)Cc1ccn(C2CCCC2)n1. The molecule has 0 aromatic carbocycles. The maximum absolute atomic E-state index is 12.4. The van der Waals surface area contributed by atoms with Crippen LogP contribution in [0.3, 0.4) is 0 Å². The van der Waals surface area contributed by atoms with E-state index >= 15 is 0 Å². The Morgan fingerprint density at radius 1 is 1.38 bits per heavy atom. The van der Waals surface area contributed by atoms with Gasteiger partial charge in [0.15, 0.2) is 5.78 Å². The molecule has 3 rings (SSSR count). The van der Waals surface area contributed by atoms with Crippen molar-refractivity contribution >= 4 is 5.78 Å². The molecule has 2 aromatic heterocycles. The van der Waals surface area contributed by atoms with Crippen LogP contribution >= 0.6 is 0 Å². The highest BCUT2D eigenvalue weighted by atomic mass is 16.5. The molecule has 110 valence electrons. The molecular weight excluding hydrogens is 266 g/mol. The number of hydrogen-bond acceptors (Lipinski definition) is 4. The summed E-state index contributed by atoms with van der Waals surface area (Å²) in [6.45, 7) is 0. The van der Waals surface area contributed by atoms with E-state index in [0.29, 0.717) is 23.8 Å². The number of Topliss-reactive ketones (excluding diaryl/α,β-unsaturated/α-hetero) is 1. The summed E-state index contributed by atoms with van der Waals surface area (Å²) < 4.78 is 7.19. The fourth-order valence-corrected chi connectivity index (χ4v) is 2.88. The van der Waals surface area contributed by atoms with Crippen molar-refractivity contribution in [3.63, 3.8) is 0 Å². The van der Waals surface area contributed by atoms with E-state index in [9.17, 15) is 4.79 Å². The van der Waals surface area contributed by atoms with Gasteiger partial charge in [-0.15, -0.1) is 0 Å². The van der Waals surface area contributed by atoms with Crippen LogP contribution in [0.1, 0.15) is 47.8 Å². The Morgan fingerprint density at radius 2 is 2.19 bits per heavy atom. The minimum Gasteiger partial charge on any atom is -0.494 e. The molecular formula is C16H19N3O2. The van der Waals surface area contributed by atoms with Crippen molar-refractivity contribution in [2.24, 2.45) is 0 Å². The fraction of sp³-hybridized carbons (Fsp3) is 0.438. The summed E-state index contributed by atoms with van der Waals surface area (Å²) in [7, 11) is 1.54. The van der Waals surface area contributed by atoms with E-state index in [2.05, 4.69) is 10.1 Å². The van der Waals surface area contributed by atoms with Gasteiger partial charge in [0.25, 0.3) is 0 Å². The number of pyridine rings is 1. The van der Waals surface area contributed by atoms with Crippen LogP contribution in [0.25, 0.3) is 0 Å². The highest BCUT2D eigenvalue weighted by molar-refractivity contribution is 5.99. The highest BCUT2D eigenvalue weighted by Gasteiger charge is 2.19. The highest BCUT2D eigenvalue weighted by Crippen LogP contribution is 2.28. The van der Waals surface area contributed by atoms with Crippen molar-refractivity contribution in [2.45, 2.75) is 38.1 Å². The molecule has 1 aliphatic carbocycles. The molecule has 1 aliphatic rings. The van der Waals surface area contributed by atoms with Crippen molar-refractivity contribution in [3.05, 3.63) is 42.0 Å². The van der Waals surface area contributed by atoms with Crippen LogP contribution in [0, 0.1) is 0 Å². The number of carbonyl (C=O) groups excluding carboxylic acids is 1. The van der Waals surface area contributed by atoms with Crippen molar-refractivity contribution in [1.82, 2.24) is 14.8 Å². The zero-order chi connectivity index (χ0) is 14.7. The van der Waals surface area contributed by atoms with Crippen molar-refractivity contribution in [2.75, 3.05) is 7.11 Å². The quantitative estimate of drug-likeness (QED) is 0.793. The molecule has 2 heterocycles. The molecule has 0 atom stereocenters. The number of ketones is 1. The van der Waals surface area contributed by atoms with Crippen LogP contribution in [-0.2, 0) is 6.42 Å². The summed E-state index contributed by atoms with van der Waals surface area (Å²) in [4.78, 5) is 16.3. The normalized spacial score (nSPS) is 15.3. The van der Waals surface area contributed by atoms with Gasteiger partial charge in [-0.1, -0.05) is 12.8 Å². The maximum atomic E-state index is 12.4. The average molecular weight is 285 g/mol. The Labute approximate surface area is 124 Å². The summed E-state index contributed by atoms with van der Waals surface area (Å²) in [5.41, 5.74) is 1.37. The monoisotopic (exact) mass is 285 g/mol. The topological polar surface area (TPSA) is 57.0 Å². The van der Waals surface area contributed by atoms with Crippen LogP contribution < -0.4 is 4.74 Å². The number of ether oxygens (including phenoxy) is 1. The average Bonchev–Trinajstić information content (AvgIpc) is 3.17. The molecule has 21 heavy (non-hydrogen) atoms. The van der Waals surface area contributed by atoms with E-state index < -0.39 is 0 Å². The number of carbonyl (C=O) groups is 1. The van der Waals surface area contributed by atoms with Gasteiger partial charge in [-0.2, -0.15) is 5.10 Å². The lowest BCUT2D eigenvalue weighted by molar-refractivity contribution is 0.0988. The molecule has 0 amide bonds. The second-order valence-electron chi connectivity index (χ2n) is 5.40. The number of aromatic nitrogens is 3. The van der Waals surface area contributed by atoms with E-state index in [4.69, 9.17) is 4.74 Å². The van der Waals surface area contributed by atoms with Crippen LogP contribution in [0.5, 0.6) is 5.75 Å². The van der Waals surface area contributed by atoms with Gasteiger partial charge in [-0.05, 0) is 25.0 Å². The van der Waals surface area contributed by atoms with Crippen LogP contribution in [0.15, 0.2) is 30.7 Å². The maximum Gasteiger partial charge on any atom is 0.172 e. The molecule has 5 heteroatoms. The minimum atomic E-state index is 0.00548. The lowest BCUT2D eigenvalue weighted by atomic mass is 10.1. The Bertz CT molecular complexity index is 630. The lowest BCUT2D eigenvalue weighted by Gasteiger charge is -2.09. The molecule has 0 aliphatic heterocycles. The number of hydrogen-bond donors (Lipinski definition) is 0. The summed E-state index contributed by atoms with van der Waals surface area (Å²) in [6.07, 6.45) is 10.4. The Hall–Kier alpha value is -2.17. The van der Waals surface area contributed by atoms with Gasteiger partial charge >= 0.3 is 0 Å². The number of rotatable bonds is 5. The van der Waals surface area contributed by atoms with Gasteiger partial charge in [0.1, 0.15) is 5.75 Å². The fourth-order valence-electron chi connectivity index (χ4n) is 2.88.